The fourth-order valence-electron chi connectivity index (χ4n) is 1.39. The number of aromatic nitrogens is 4. The highest BCUT2D eigenvalue weighted by Crippen LogP contribution is 2.14. The molecule has 0 aliphatic rings. The zero-order valence-electron chi connectivity index (χ0n) is 9.26. The van der Waals surface area contributed by atoms with Crippen molar-refractivity contribution in [3.05, 3.63) is 41.5 Å². The van der Waals surface area contributed by atoms with E-state index < -0.39 is 0 Å². The molecular weight excluding hydrogens is 224 g/mol. The lowest BCUT2D eigenvalue weighted by Gasteiger charge is -2.07. The molecule has 0 bridgehead atoms. The Morgan fingerprint density at radius 1 is 1.38 bits per heavy atom. The van der Waals surface area contributed by atoms with E-state index in [-0.39, 0.29) is 5.92 Å². The van der Waals surface area contributed by atoms with Crippen LogP contribution in [0.3, 0.4) is 0 Å². The first-order valence-corrected chi connectivity index (χ1v) is 5.52. The van der Waals surface area contributed by atoms with Gasteiger partial charge in [-0.05, 0) is 6.07 Å². The SMILES string of the molecule is CC(C)c1nc(Cl)cc(Cn2ccnc2)n1. The molecule has 16 heavy (non-hydrogen) atoms. The first-order chi connectivity index (χ1) is 7.65. The normalized spacial score (nSPS) is 11.0. The van der Waals surface area contributed by atoms with Gasteiger partial charge in [0.15, 0.2) is 0 Å². The fourth-order valence-corrected chi connectivity index (χ4v) is 1.60. The van der Waals surface area contributed by atoms with E-state index >= 15 is 0 Å². The van der Waals surface area contributed by atoms with E-state index in [0.29, 0.717) is 11.7 Å². The van der Waals surface area contributed by atoms with Gasteiger partial charge in [0.25, 0.3) is 0 Å². The average molecular weight is 237 g/mol. The standard InChI is InChI=1S/C11H13ClN4/c1-8(2)11-14-9(5-10(12)15-11)6-16-4-3-13-7-16/h3-5,7-8H,6H2,1-2H3. The highest BCUT2D eigenvalue weighted by atomic mass is 35.5. The molecule has 2 aromatic heterocycles. The third-order valence-electron chi connectivity index (χ3n) is 2.19. The van der Waals surface area contributed by atoms with Gasteiger partial charge < -0.3 is 4.57 Å². The van der Waals surface area contributed by atoms with Crippen LogP contribution in [0, 0.1) is 0 Å². The summed E-state index contributed by atoms with van der Waals surface area (Å²) in [6.45, 7) is 4.77. The molecule has 0 N–H and O–H groups in total. The van der Waals surface area contributed by atoms with Crippen molar-refractivity contribution in [1.29, 1.82) is 0 Å². The zero-order valence-corrected chi connectivity index (χ0v) is 10.0. The molecule has 0 fully saturated rings. The molecule has 2 aromatic rings. The van der Waals surface area contributed by atoms with Crippen LogP contribution in [0.4, 0.5) is 0 Å². The third-order valence-corrected chi connectivity index (χ3v) is 2.38. The molecule has 0 amide bonds. The molecule has 0 aliphatic carbocycles. The Bertz CT molecular complexity index is 465. The second-order valence-electron chi connectivity index (χ2n) is 3.93. The highest BCUT2D eigenvalue weighted by Gasteiger charge is 2.07. The fraction of sp³-hybridized carbons (Fsp3) is 0.364. The van der Waals surface area contributed by atoms with Gasteiger partial charge in [-0.25, -0.2) is 15.0 Å². The lowest BCUT2D eigenvalue weighted by atomic mass is 10.2. The average Bonchev–Trinajstić information content (AvgIpc) is 2.69. The number of hydrogen-bond donors (Lipinski definition) is 0. The van der Waals surface area contributed by atoms with Gasteiger partial charge in [0.05, 0.1) is 18.6 Å². The Morgan fingerprint density at radius 3 is 2.81 bits per heavy atom. The predicted molar refractivity (Wildman–Crippen MR) is 62.5 cm³/mol. The summed E-state index contributed by atoms with van der Waals surface area (Å²) < 4.78 is 1.95. The molecular formula is C11H13ClN4. The molecule has 0 saturated carbocycles. The van der Waals surface area contributed by atoms with E-state index in [9.17, 15) is 0 Å². The zero-order chi connectivity index (χ0) is 11.5. The lowest BCUT2D eigenvalue weighted by molar-refractivity contribution is 0.720. The Labute approximate surface area is 99.3 Å². The van der Waals surface area contributed by atoms with Crippen LogP contribution in [-0.2, 0) is 6.54 Å². The third kappa shape index (κ3) is 2.58. The van der Waals surface area contributed by atoms with E-state index in [1.807, 2.05) is 24.6 Å². The minimum Gasteiger partial charge on any atom is -0.331 e. The predicted octanol–water partition coefficient (Wildman–Crippen LogP) is 2.50. The van der Waals surface area contributed by atoms with Crippen molar-refractivity contribution in [2.24, 2.45) is 0 Å². The summed E-state index contributed by atoms with van der Waals surface area (Å²) in [7, 11) is 0. The first kappa shape index (κ1) is 11.1. The van der Waals surface area contributed by atoms with Crippen LogP contribution in [0.1, 0.15) is 31.3 Å². The molecule has 0 aliphatic heterocycles. The van der Waals surface area contributed by atoms with E-state index in [2.05, 4.69) is 15.0 Å². The quantitative estimate of drug-likeness (QED) is 0.769. The van der Waals surface area contributed by atoms with Crippen LogP contribution in [-0.4, -0.2) is 19.5 Å². The van der Waals surface area contributed by atoms with E-state index in [1.54, 1.807) is 18.6 Å². The maximum atomic E-state index is 5.96. The summed E-state index contributed by atoms with van der Waals surface area (Å²) >= 11 is 5.96. The van der Waals surface area contributed by atoms with Gasteiger partial charge in [0.2, 0.25) is 0 Å². The lowest BCUT2D eigenvalue weighted by Crippen LogP contribution is -2.05. The number of rotatable bonds is 3. The van der Waals surface area contributed by atoms with Crippen LogP contribution in [0.2, 0.25) is 5.15 Å². The van der Waals surface area contributed by atoms with Crippen LogP contribution < -0.4 is 0 Å². The van der Waals surface area contributed by atoms with Gasteiger partial charge >= 0.3 is 0 Å². The van der Waals surface area contributed by atoms with Gasteiger partial charge in [0.1, 0.15) is 11.0 Å². The smallest absolute Gasteiger partial charge is 0.133 e. The molecule has 2 heterocycles. The summed E-state index contributed by atoms with van der Waals surface area (Å²) in [5, 5.41) is 0.494. The molecule has 0 radical (unpaired) electrons. The van der Waals surface area contributed by atoms with Crippen LogP contribution in [0.15, 0.2) is 24.8 Å². The number of imidazole rings is 1. The molecule has 4 nitrogen and oxygen atoms in total. The summed E-state index contributed by atoms with van der Waals surface area (Å²) in [6.07, 6.45) is 5.39. The van der Waals surface area contributed by atoms with Crippen molar-refractivity contribution in [1.82, 2.24) is 19.5 Å². The van der Waals surface area contributed by atoms with Gasteiger partial charge in [-0.1, -0.05) is 25.4 Å². The van der Waals surface area contributed by atoms with Gasteiger partial charge in [-0.15, -0.1) is 0 Å². The monoisotopic (exact) mass is 236 g/mol. The van der Waals surface area contributed by atoms with Crippen LogP contribution >= 0.6 is 11.6 Å². The largest absolute Gasteiger partial charge is 0.331 e. The summed E-state index contributed by atoms with van der Waals surface area (Å²) in [6, 6.07) is 1.79. The molecule has 0 unspecified atom stereocenters. The van der Waals surface area contributed by atoms with Gasteiger partial charge in [-0.3, -0.25) is 0 Å². The Hall–Kier alpha value is -1.42. The van der Waals surface area contributed by atoms with E-state index in [1.165, 1.54) is 0 Å². The van der Waals surface area contributed by atoms with Gasteiger partial charge in [-0.2, -0.15) is 0 Å². The van der Waals surface area contributed by atoms with Crippen molar-refractivity contribution < 1.29 is 0 Å². The molecule has 5 heteroatoms. The highest BCUT2D eigenvalue weighted by molar-refractivity contribution is 6.29. The van der Waals surface area contributed by atoms with Crippen LogP contribution in [0.25, 0.3) is 0 Å². The Morgan fingerprint density at radius 2 is 2.19 bits per heavy atom. The molecule has 0 atom stereocenters. The Balaban J connectivity index is 2.27. The molecule has 0 saturated heterocycles. The van der Waals surface area contributed by atoms with Crippen molar-refractivity contribution in [3.8, 4) is 0 Å². The maximum absolute atomic E-state index is 5.96. The summed E-state index contributed by atoms with van der Waals surface area (Å²) in [4.78, 5) is 12.6. The summed E-state index contributed by atoms with van der Waals surface area (Å²) in [5.74, 6) is 1.06. The van der Waals surface area contributed by atoms with Crippen LogP contribution in [0.5, 0.6) is 0 Å². The molecule has 0 spiro atoms. The number of halogens is 1. The number of nitrogens with zero attached hydrogens (tertiary/aromatic N) is 4. The van der Waals surface area contributed by atoms with Gasteiger partial charge in [0, 0.05) is 18.3 Å². The topological polar surface area (TPSA) is 43.6 Å². The minimum absolute atomic E-state index is 0.278. The van der Waals surface area contributed by atoms with Crippen molar-refractivity contribution in [2.75, 3.05) is 0 Å². The second kappa shape index (κ2) is 4.61. The maximum Gasteiger partial charge on any atom is 0.133 e. The van der Waals surface area contributed by atoms with Crippen molar-refractivity contribution in [2.45, 2.75) is 26.3 Å². The Kier molecular flexibility index (Phi) is 3.19. The number of hydrogen-bond acceptors (Lipinski definition) is 3. The first-order valence-electron chi connectivity index (χ1n) is 5.14. The summed E-state index contributed by atoms with van der Waals surface area (Å²) in [5.41, 5.74) is 0.904. The van der Waals surface area contributed by atoms with Crippen molar-refractivity contribution in [3.63, 3.8) is 0 Å². The second-order valence-corrected chi connectivity index (χ2v) is 4.32. The van der Waals surface area contributed by atoms with E-state index in [4.69, 9.17) is 11.6 Å². The molecule has 0 aromatic carbocycles. The van der Waals surface area contributed by atoms with Crippen molar-refractivity contribution >= 4 is 11.6 Å². The molecule has 2 rings (SSSR count). The molecule has 84 valence electrons. The minimum atomic E-state index is 0.278. The van der Waals surface area contributed by atoms with E-state index in [0.717, 1.165) is 11.5 Å².